The Kier molecular flexibility index (Phi) is 8.20. The molecule has 4 rings (SSSR count). The summed E-state index contributed by atoms with van der Waals surface area (Å²) in [5.41, 5.74) is 0.886. The molecule has 0 unspecified atom stereocenters. The Bertz CT molecular complexity index is 1180. The predicted molar refractivity (Wildman–Crippen MR) is 140 cm³/mol. The van der Waals surface area contributed by atoms with Crippen LogP contribution in [0.2, 0.25) is 0 Å². The Morgan fingerprint density at radius 3 is 2.60 bits per heavy atom. The zero-order valence-electron chi connectivity index (χ0n) is 19.8. The molecule has 9 heteroatoms. The molecular weight excluding hydrogens is 464 g/mol. The number of benzene rings is 2. The van der Waals surface area contributed by atoms with Gasteiger partial charge in [0.05, 0.1) is 12.2 Å². The van der Waals surface area contributed by atoms with Gasteiger partial charge in [0.25, 0.3) is 5.91 Å². The van der Waals surface area contributed by atoms with Crippen LogP contribution in [-0.4, -0.2) is 46.8 Å². The first-order valence-corrected chi connectivity index (χ1v) is 12.5. The number of unbranched alkanes of at least 4 members (excludes halogenated alkanes) is 1. The van der Waals surface area contributed by atoms with Crippen molar-refractivity contribution in [1.82, 2.24) is 5.01 Å². The van der Waals surface area contributed by atoms with Crippen LogP contribution in [0, 0.1) is 5.41 Å². The van der Waals surface area contributed by atoms with Crippen molar-refractivity contribution in [3.05, 3.63) is 59.7 Å². The zero-order valence-corrected chi connectivity index (χ0v) is 20.6. The van der Waals surface area contributed by atoms with E-state index >= 15 is 0 Å². The summed E-state index contributed by atoms with van der Waals surface area (Å²) >= 11 is 1.36. The van der Waals surface area contributed by atoms with Crippen LogP contribution in [0.15, 0.2) is 64.2 Å². The molecule has 0 spiro atoms. The SMILES string of the molecule is CCCCC1=NN2C(=N)C(=Cc3ccc(OCCOc4ccccc4)c(OCC)c3)C(=O)N=C2S1. The Balaban J connectivity index is 1.46. The van der Waals surface area contributed by atoms with Gasteiger partial charge in [-0.1, -0.05) is 37.6 Å². The summed E-state index contributed by atoms with van der Waals surface area (Å²) in [5, 5.41) is 15.8. The predicted octanol–water partition coefficient (Wildman–Crippen LogP) is 5.35. The summed E-state index contributed by atoms with van der Waals surface area (Å²) < 4.78 is 17.3. The van der Waals surface area contributed by atoms with Crippen molar-refractivity contribution in [2.75, 3.05) is 19.8 Å². The van der Waals surface area contributed by atoms with Crippen LogP contribution in [0.1, 0.15) is 38.7 Å². The molecule has 0 aromatic heterocycles. The molecular formula is C26H28N4O4S. The average molecular weight is 493 g/mol. The van der Waals surface area contributed by atoms with Crippen molar-refractivity contribution in [3.63, 3.8) is 0 Å². The third-order valence-electron chi connectivity index (χ3n) is 5.17. The van der Waals surface area contributed by atoms with Gasteiger partial charge in [0, 0.05) is 0 Å². The number of nitrogens with one attached hydrogen (secondary N) is 1. The molecule has 1 N–H and O–H groups in total. The highest BCUT2D eigenvalue weighted by molar-refractivity contribution is 8.26. The maximum atomic E-state index is 12.7. The summed E-state index contributed by atoms with van der Waals surface area (Å²) in [7, 11) is 0. The fourth-order valence-corrected chi connectivity index (χ4v) is 4.38. The highest BCUT2D eigenvalue weighted by Gasteiger charge is 2.35. The Morgan fingerprint density at radius 1 is 1.03 bits per heavy atom. The normalized spacial score (nSPS) is 16.2. The van der Waals surface area contributed by atoms with Gasteiger partial charge >= 0.3 is 0 Å². The first kappa shape index (κ1) is 24.5. The topological polar surface area (TPSA) is 96.6 Å². The lowest BCUT2D eigenvalue weighted by molar-refractivity contribution is -0.114. The monoisotopic (exact) mass is 492 g/mol. The molecule has 0 bridgehead atoms. The second-order valence-corrected chi connectivity index (χ2v) is 8.81. The molecule has 0 radical (unpaired) electrons. The number of hydrogen-bond donors (Lipinski definition) is 1. The molecule has 2 aromatic rings. The second-order valence-electron chi connectivity index (χ2n) is 7.77. The van der Waals surface area contributed by atoms with Gasteiger partial charge in [-0.15, -0.1) is 0 Å². The molecule has 2 heterocycles. The fourth-order valence-electron chi connectivity index (χ4n) is 3.46. The van der Waals surface area contributed by atoms with Gasteiger partial charge in [0.2, 0.25) is 5.17 Å². The van der Waals surface area contributed by atoms with Crippen LogP contribution in [0.4, 0.5) is 0 Å². The molecule has 2 aliphatic heterocycles. The lowest BCUT2D eigenvalue weighted by Crippen LogP contribution is -2.35. The quantitative estimate of drug-likeness (QED) is 0.335. The molecule has 2 aromatic carbocycles. The molecule has 0 fully saturated rings. The summed E-state index contributed by atoms with van der Waals surface area (Å²) in [5.74, 6) is 1.49. The maximum absolute atomic E-state index is 12.7. The molecule has 1 amide bonds. The molecule has 2 aliphatic rings. The van der Waals surface area contributed by atoms with Crippen molar-refractivity contribution in [3.8, 4) is 17.2 Å². The van der Waals surface area contributed by atoms with Gasteiger partial charge in [-0.05, 0) is 67.4 Å². The Hall–Kier alpha value is -3.59. The maximum Gasteiger partial charge on any atom is 0.283 e. The minimum absolute atomic E-state index is 0.0235. The van der Waals surface area contributed by atoms with Gasteiger partial charge in [-0.3, -0.25) is 10.2 Å². The average Bonchev–Trinajstić information content (AvgIpc) is 3.28. The van der Waals surface area contributed by atoms with Crippen LogP contribution >= 0.6 is 11.8 Å². The van der Waals surface area contributed by atoms with Crippen molar-refractivity contribution in [1.29, 1.82) is 5.41 Å². The number of amides is 1. The number of aliphatic imine (C=N–C) groups is 1. The Labute approximate surface area is 209 Å². The van der Waals surface area contributed by atoms with Gasteiger partial charge in [0.15, 0.2) is 17.3 Å². The lowest BCUT2D eigenvalue weighted by atomic mass is 10.1. The van der Waals surface area contributed by atoms with Gasteiger partial charge in [0.1, 0.15) is 24.0 Å². The van der Waals surface area contributed by atoms with Crippen LogP contribution in [0.25, 0.3) is 6.08 Å². The van der Waals surface area contributed by atoms with Crippen LogP contribution < -0.4 is 14.2 Å². The van der Waals surface area contributed by atoms with E-state index in [0.29, 0.717) is 42.1 Å². The number of thioether (sulfide) groups is 1. The van der Waals surface area contributed by atoms with Crippen molar-refractivity contribution >= 4 is 39.8 Å². The van der Waals surface area contributed by atoms with E-state index in [4.69, 9.17) is 19.6 Å². The van der Waals surface area contributed by atoms with Crippen LogP contribution in [0.5, 0.6) is 17.2 Å². The third-order valence-corrected chi connectivity index (χ3v) is 6.14. The summed E-state index contributed by atoms with van der Waals surface area (Å²) in [6.45, 7) is 5.20. The van der Waals surface area contributed by atoms with Gasteiger partial charge in [-0.25, -0.2) is 0 Å². The number of hydrogen-bond acceptors (Lipinski definition) is 7. The molecule has 8 nitrogen and oxygen atoms in total. The van der Waals surface area contributed by atoms with Crippen LogP contribution in [0.3, 0.4) is 0 Å². The van der Waals surface area contributed by atoms with E-state index in [0.717, 1.165) is 30.1 Å². The minimum atomic E-state index is -0.447. The largest absolute Gasteiger partial charge is 0.490 e. The van der Waals surface area contributed by atoms with Crippen molar-refractivity contribution < 1.29 is 19.0 Å². The third kappa shape index (κ3) is 6.10. The molecule has 0 saturated carbocycles. The first-order valence-electron chi connectivity index (χ1n) is 11.7. The number of para-hydroxylation sites is 1. The summed E-state index contributed by atoms with van der Waals surface area (Å²) in [6.07, 6.45) is 4.51. The van der Waals surface area contributed by atoms with E-state index in [1.54, 1.807) is 18.2 Å². The van der Waals surface area contributed by atoms with E-state index in [-0.39, 0.29) is 11.4 Å². The van der Waals surface area contributed by atoms with Crippen molar-refractivity contribution in [2.24, 2.45) is 10.1 Å². The number of nitrogens with zero attached hydrogens (tertiary/aromatic N) is 3. The van der Waals surface area contributed by atoms with E-state index < -0.39 is 5.91 Å². The van der Waals surface area contributed by atoms with Crippen LogP contribution in [-0.2, 0) is 4.79 Å². The second kappa shape index (κ2) is 11.7. The minimum Gasteiger partial charge on any atom is -0.490 e. The molecule has 182 valence electrons. The lowest BCUT2D eigenvalue weighted by Gasteiger charge is -2.20. The molecule has 0 atom stereocenters. The summed E-state index contributed by atoms with van der Waals surface area (Å²) in [6, 6.07) is 14.9. The number of fused-ring (bicyclic) bond motifs is 1. The number of carbonyl (C=O) groups is 1. The number of hydrazone groups is 1. The number of rotatable bonds is 11. The standard InChI is InChI=1S/C26H28N4O4S/c1-3-5-11-23-29-30-24(27)20(25(31)28-26(30)35-23)16-18-12-13-21(22(17-18)32-4-2)34-15-14-33-19-9-7-6-8-10-19/h6-10,12-13,16-17,27H,3-5,11,14-15H2,1-2H3. The van der Waals surface area contributed by atoms with Gasteiger partial charge in [-0.2, -0.15) is 15.1 Å². The molecule has 0 saturated heterocycles. The van der Waals surface area contributed by atoms with E-state index in [2.05, 4.69) is 17.0 Å². The number of carbonyl (C=O) groups excluding carboxylic acids is 1. The number of ether oxygens (including phenoxy) is 3. The highest BCUT2D eigenvalue weighted by Crippen LogP contribution is 2.32. The highest BCUT2D eigenvalue weighted by atomic mass is 32.2. The van der Waals surface area contributed by atoms with E-state index in [1.807, 2.05) is 43.3 Å². The first-order chi connectivity index (χ1) is 17.1. The van der Waals surface area contributed by atoms with E-state index in [9.17, 15) is 4.79 Å². The zero-order chi connectivity index (χ0) is 24.6. The smallest absolute Gasteiger partial charge is 0.283 e. The van der Waals surface area contributed by atoms with Gasteiger partial charge < -0.3 is 14.2 Å². The summed E-state index contributed by atoms with van der Waals surface area (Å²) in [4.78, 5) is 16.8. The Morgan fingerprint density at radius 2 is 1.83 bits per heavy atom. The van der Waals surface area contributed by atoms with Crippen molar-refractivity contribution in [2.45, 2.75) is 33.1 Å². The number of amidine groups is 2. The van der Waals surface area contributed by atoms with E-state index in [1.165, 1.54) is 16.8 Å². The molecule has 35 heavy (non-hydrogen) atoms. The fraction of sp³-hybridized carbons (Fsp3) is 0.308. The molecule has 0 aliphatic carbocycles.